The van der Waals surface area contributed by atoms with Crippen LogP contribution in [0.1, 0.15) is 29.3 Å². The summed E-state index contributed by atoms with van der Waals surface area (Å²) in [5.74, 6) is -1.50. The van der Waals surface area contributed by atoms with Crippen molar-refractivity contribution in [3.63, 3.8) is 0 Å². The van der Waals surface area contributed by atoms with Crippen molar-refractivity contribution >= 4 is 17.6 Å². The second-order valence-corrected chi connectivity index (χ2v) is 6.41. The molecule has 0 aliphatic carbocycles. The van der Waals surface area contributed by atoms with Crippen LogP contribution in [0.4, 0.5) is 10.1 Å². The van der Waals surface area contributed by atoms with Gasteiger partial charge in [-0.2, -0.15) is 0 Å². The van der Waals surface area contributed by atoms with E-state index in [1.54, 1.807) is 0 Å². The molecule has 0 unspecified atom stereocenters. The largest absolute Gasteiger partial charge is 0.457 e. The van der Waals surface area contributed by atoms with Gasteiger partial charge in [0.05, 0.1) is 11.3 Å². The van der Waals surface area contributed by atoms with Gasteiger partial charge in [-0.15, -0.1) is 0 Å². The minimum Gasteiger partial charge on any atom is -0.457 e. The first-order chi connectivity index (χ1) is 12.5. The molecule has 1 heterocycles. The van der Waals surface area contributed by atoms with Crippen LogP contribution >= 0.6 is 0 Å². The number of rotatable bonds is 5. The normalized spacial score (nSPS) is 17.1. The molecule has 26 heavy (non-hydrogen) atoms. The summed E-state index contributed by atoms with van der Waals surface area (Å²) in [7, 11) is 0. The number of hydrogen-bond acceptors (Lipinski definition) is 4. The van der Waals surface area contributed by atoms with Gasteiger partial charge in [0.2, 0.25) is 5.91 Å². The number of nitrogens with zero attached hydrogens (tertiary/aromatic N) is 1. The fourth-order valence-electron chi connectivity index (χ4n) is 3.04. The van der Waals surface area contributed by atoms with E-state index in [1.165, 1.54) is 24.6 Å². The molecule has 1 aliphatic rings. The average Bonchev–Trinajstić information content (AvgIpc) is 3.04. The van der Waals surface area contributed by atoms with Crippen LogP contribution in [0.5, 0.6) is 0 Å². The summed E-state index contributed by atoms with van der Waals surface area (Å²) in [6.07, 6.45) is 0.568. The Balaban J connectivity index is 1.58. The number of amides is 1. The number of nitrogens with one attached hydrogen (secondary N) is 1. The zero-order valence-corrected chi connectivity index (χ0v) is 14.6. The highest BCUT2D eigenvalue weighted by Crippen LogP contribution is 2.20. The number of halogens is 1. The van der Waals surface area contributed by atoms with Gasteiger partial charge >= 0.3 is 5.97 Å². The second kappa shape index (κ2) is 8.10. The minimum atomic E-state index is -0.591. The molecule has 1 atom stereocenters. The maximum absolute atomic E-state index is 13.7. The van der Waals surface area contributed by atoms with Gasteiger partial charge in [0.1, 0.15) is 11.9 Å². The van der Waals surface area contributed by atoms with E-state index in [2.05, 4.69) is 22.3 Å². The number of benzene rings is 2. The van der Waals surface area contributed by atoms with Crippen molar-refractivity contribution in [1.29, 1.82) is 0 Å². The number of esters is 1. The lowest BCUT2D eigenvalue weighted by atomic mass is 10.2. The monoisotopic (exact) mass is 356 g/mol. The topological polar surface area (TPSA) is 58.6 Å². The summed E-state index contributed by atoms with van der Waals surface area (Å²) >= 11 is 0. The lowest BCUT2D eigenvalue weighted by Crippen LogP contribution is -2.25. The van der Waals surface area contributed by atoms with E-state index in [0.717, 1.165) is 25.6 Å². The van der Waals surface area contributed by atoms with Crippen LogP contribution in [0.25, 0.3) is 0 Å². The van der Waals surface area contributed by atoms with Crippen molar-refractivity contribution in [3.8, 4) is 0 Å². The van der Waals surface area contributed by atoms with Crippen LogP contribution in [0.2, 0.25) is 0 Å². The quantitative estimate of drug-likeness (QED) is 0.836. The molecular formula is C20H21FN2O3. The minimum absolute atomic E-state index is 0.0240. The van der Waals surface area contributed by atoms with E-state index in [0.29, 0.717) is 6.54 Å². The van der Waals surface area contributed by atoms with Gasteiger partial charge in [0.25, 0.3) is 0 Å². The number of anilines is 1. The number of carbonyl (C=O) groups is 2. The first-order valence-corrected chi connectivity index (χ1v) is 8.55. The molecule has 1 fully saturated rings. The SMILES string of the molecule is CC(=O)Nc1cc(C(=O)O[C@@H]2CCN(Cc3ccccc3)C2)ccc1F. The fourth-order valence-corrected chi connectivity index (χ4v) is 3.04. The molecule has 1 amide bonds. The van der Waals surface area contributed by atoms with E-state index in [1.807, 2.05) is 18.2 Å². The highest BCUT2D eigenvalue weighted by Gasteiger charge is 2.26. The molecule has 136 valence electrons. The molecule has 0 saturated carbocycles. The smallest absolute Gasteiger partial charge is 0.338 e. The Bertz CT molecular complexity index is 795. The lowest BCUT2D eigenvalue weighted by Gasteiger charge is -2.16. The van der Waals surface area contributed by atoms with Crippen molar-refractivity contribution in [2.45, 2.75) is 26.0 Å². The average molecular weight is 356 g/mol. The molecule has 0 spiro atoms. The zero-order chi connectivity index (χ0) is 18.5. The van der Waals surface area contributed by atoms with Crippen molar-refractivity contribution in [2.24, 2.45) is 0 Å². The predicted molar refractivity (Wildman–Crippen MR) is 96.2 cm³/mol. The van der Waals surface area contributed by atoms with Gasteiger partial charge in [-0.3, -0.25) is 9.69 Å². The molecule has 2 aromatic carbocycles. The molecule has 1 aliphatic heterocycles. The molecule has 5 nitrogen and oxygen atoms in total. The maximum atomic E-state index is 13.7. The Kier molecular flexibility index (Phi) is 5.63. The van der Waals surface area contributed by atoms with Gasteiger partial charge in [-0.25, -0.2) is 9.18 Å². The Morgan fingerprint density at radius 1 is 1.23 bits per heavy atom. The van der Waals surface area contributed by atoms with Crippen LogP contribution in [0, 0.1) is 5.82 Å². The first kappa shape index (κ1) is 18.1. The van der Waals surface area contributed by atoms with Crippen LogP contribution in [-0.2, 0) is 16.1 Å². The maximum Gasteiger partial charge on any atom is 0.338 e. The van der Waals surface area contributed by atoms with E-state index >= 15 is 0 Å². The Morgan fingerprint density at radius 2 is 2.00 bits per heavy atom. The molecule has 1 N–H and O–H groups in total. The zero-order valence-electron chi connectivity index (χ0n) is 14.6. The Labute approximate surface area is 151 Å². The summed E-state index contributed by atoms with van der Waals surface area (Å²) in [6, 6.07) is 13.9. The summed E-state index contributed by atoms with van der Waals surface area (Å²) in [5.41, 5.74) is 1.42. The molecule has 0 bridgehead atoms. The number of ether oxygens (including phenoxy) is 1. The predicted octanol–water partition coefficient (Wildman–Crippen LogP) is 3.22. The van der Waals surface area contributed by atoms with Crippen LogP contribution in [0.15, 0.2) is 48.5 Å². The number of carbonyl (C=O) groups excluding carboxylic acids is 2. The van der Waals surface area contributed by atoms with E-state index in [-0.39, 0.29) is 17.4 Å². The summed E-state index contributed by atoms with van der Waals surface area (Å²) < 4.78 is 19.2. The molecule has 2 aromatic rings. The van der Waals surface area contributed by atoms with E-state index < -0.39 is 17.7 Å². The van der Waals surface area contributed by atoms with Gasteiger partial charge < -0.3 is 10.1 Å². The van der Waals surface area contributed by atoms with Gasteiger partial charge in [0, 0.05) is 26.6 Å². The Hall–Kier alpha value is -2.73. The molecule has 6 heteroatoms. The first-order valence-electron chi connectivity index (χ1n) is 8.55. The molecule has 1 saturated heterocycles. The summed E-state index contributed by atoms with van der Waals surface area (Å²) in [4.78, 5) is 25.7. The molecule has 0 radical (unpaired) electrons. The Morgan fingerprint density at radius 3 is 2.73 bits per heavy atom. The highest BCUT2D eigenvalue weighted by molar-refractivity contribution is 5.93. The van der Waals surface area contributed by atoms with Crippen LogP contribution in [-0.4, -0.2) is 36.0 Å². The van der Waals surface area contributed by atoms with Gasteiger partial charge in [-0.05, 0) is 30.2 Å². The second-order valence-electron chi connectivity index (χ2n) is 6.41. The van der Waals surface area contributed by atoms with Crippen molar-refractivity contribution < 1.29 is 18.7 Å². The molecule has 0 aromatic heterocycles. The molecule has 3 rings (SSSR count). The van der Waals surface area contributed by atoms with Crippen molar-refractivity contribution in [2.75, 3.05) is 18.4 Å². The van der Waals surface area contributed by atoms with Gasteiger partial charge in [-0.1, -0.05) is 30.3 Å². The lowest BCUT2D eigenvalue weighted by molar-refractivity contribution is -0.114. The highest BCUT2D eigenvalue weighted by atomic mass is 19.1. The van der Waals surface area contributed by atoms with Crippen LogP contribution < -0.4 is 5.32 Å². The van der Waals surface area contributed by atoms with Crippen molar-refractivity contribution in [3.05, 3.63) is 65.5 Å². The third-order valence-electron chi connectivity index (χ3n) is 4.26. The third-order valence-corrected chi connectivity index (χ3v) is 4.26. The molecular weight excluding hydrogens is 335 g/mol. The number of hydrogen-bond donors (Lipinski definition) is 1. The van der Waals surface area contributed by atoms with E-state index in [4.69, 9.17) is 4.74 Å². The van der Waals surface area contributed by atoms with Crippen molar-refractivity contribution in [1.82, 2.24) is 4.90 Å². The number of likely N-dealkylation sites (tertiary alicyclic amines) is 1. The summed E-state index contributed by atoms with van der Waals surface area (Å²) in [6.45, 7) is 3.62. The van der Waals surface area contributed by atoms with E-state index in [9.17, 15) is 14.0 Å². The fraction of sp³-hybridized carbons (Fsp3) is 0.300. The summed E-state index contributed by atoms with van der Waals surface area (Å²) in [5, 5.41) is 2.37. The standard InChI is InChI=1S/C20H21FN2O3/c1-14(24)22-19-11-16(7-8-18(19)21)20(25)26-17-9-10-23(13-17)12-15-5-3-2-4-6-15/h2-8,11,17H,9-10,12-13H2,1H3,(H,22,24)/t17-/m1/s1. The van der Waals surface area contributed by atoms with Gasteiger partial charge in [0.15, 0.2) is 0 Å². The van der Waals surface area contributed by atoms with Crippen LogP contribution in [0.3, 0.4) is 0 Å². The third kappa shape index (κ3) is 4.67.